The number of anilines is 1. The van der Waals surface area contributed by atoms with Gasteiger partial charge in [-0.25, -0.2) is 0 Å². The lowest BCUT2D eigenvalue weighted by Crippen LogP contribution is -2.13. The van der Waals surface area contributed by atoms with Crippen LogP contribution in [0.25, 0.3) is 10.8 Å². The van der Waals surface area contributed by atoms with E-state index < -0.39 is 0 Å². The number of amides is 1. The summed E-state index contributed by atoms with van der Waals surface area (Å²) in [6.45, 7) is 4.08. The molecule has 1 aromatic heterocycles. The first kappa shape index (κ1) is 22.0. The molecule has 0 saturated heterocycles. The fourth-order valence-corrected chi connectivity index (χ4v) is 3.45. The fourth-order valence-electron chi connectivity index (χ4n) is 3.45. The van der Waals surface area contributed by atoms with E-state index in [1.54, 1.807) is 43.5 Å². The van der Waals surface area contributed by atoms with E-state index >= 15 is 0 Å². The number of aryl methyl sites for hydroxylation is 1. The molecule has 0 aliphatic carbocycles. The van der Waals surface area contributed by atoms with Gasteiger partial charge in [-0.3, -0.25) is 14.6 Å². The summed E-state index contributed by atoms with van der Waals surface area (Å²) in [4.78, 5) is 28.5. The number of carbonyl (C=O) groups is 2. The molecule has 3 aromatic carbocycles. The van der Waals surface area contributed by atoms with Crippen molar-refractivity contribution in [3.05, 3.63) is 95.8 Å². The molecule has 0 aliphatic rings. The number of carbonyl (C=O) groups excluding carboxylic acids is 2. The number of hydrogen-bond acceptors (Lipinski definition) is 5. The minimum absolute atomic E-state index is 0.232. The van der Waals surface area contributed by atoms with Crippen molar-refractivity contribution in [3.8, 4) is 11.5 Å². The van der Waals surface area contributed by atoms with Crippen molar-refractivity contribution in [2.45, 2.75) is 20.3 Å². The fraction of sp³-hybridized carbons (Fsp3) is 0.148. The van der Waals surface area contributed by atoms with Gasteiger partial charge in [0.15, 0.2) is 0 Å². The summed E-state index contributed by atoms with van der Waals surface area (Å²) in [6, 6.07) is 22.3. The number of benzene rings is 3. The first-order valence-corrected chi connectivity index (χ1v) is 10.7. The molecule has 6 nitrogen and oxygen atoms in total. The number of aromatic nitrogens is 1. The van der Waals surface area contributed by atoms with Gasteiger partial charge in [-0.1, -0.05) is 36.4 Å². The molecule has 0 radical (unpaired) electrons. The quantitative estimate of drug-likeness (QED) is 0.373. The second kappa shape index (κ2) is 9.96. The van der Waals surface area contributed by atoms with Gasteiger partial charge in [0.05, 0.1) is 13.0 Å². The predicted molar refractivity (Wildman–Crippen MR) is 128 cm³/mol. The van der Waals surface area contributed by atoms with E-state index in [2.05, 4.69) is 10.3 Å². The summed E-state index contributed by atoms with van der Waals surface area (Å²) < 4.78 is 11.0. The highest BCUT2D eigenvalue weighted by Gasteiger charge is 2.10. The van der Waals surface area contributed by atoms with E-state index in [0.29, 0.717) is 29.5 Å². The van der Waals surface area contributed by atoms with Crippen molar-refractivity contribution in [3.63, 3.8) is 0 Å². The number of pyridine rings is 1. The smallest absolute Gasteiger partial charge is 0.310 e. The molecule has 4 rings (SSSR count). The van der Waals surface area contributed by atoms with Crippen molar-refractivity contribution < 1.29 is 19.1 Å². The second-order valence-electron chi connectivity index (χ2n) is 7.58. The summed E-state index contributed by atoms with van der Waals surface area (Å²) >= 11 is 0. The number of rotatable bonds is 7. The lowest BCUT2D eigenvalue weighted by Gasteiger charge is -2.11. The van der Waals surface area contributed by atoms with Crippen LogP contribution in [-0.4, -0.2) is 23.5 Å². The van der Waals surface area contributed by atoms with Gasteiger partial charge in [0.25, 0.3) is 5.91 Å². The molecule has 4 aromatic rings. The molecule has 6 heteroatoms. The van der Waals surface area contributed by atoms with E-state index in [9.17, 15) is 9.59 Å². The SMILES string of the molecule is CCOC(=O)Cc1ccc(Oc2ccc(NC(=O)c3cc4ccccc4cn3)cc2)c(C)c1. The Kier molecular flexibility index (Phi) is 6.64. The van der Waals surface area contributed by atoms with Crippen molar-refractivity contribution in [1.29, 1.82) is 0 Å². The molecule has 0 fully saturated rings. The van der Waals surface area contributed by atoms with Crippen LogP contribution in [0.5, 0.6) is 11.5 Å². The summed E-state index contributed by atoms with van der Waals surface area (Å²) in [5, 5.41) is 4.81. The first-order chi connectivity index (χ1) is 16.0. The van der Waals surface area contributed by atoms with Gasteiger partial charge in [-0.2, -0.15) is 0 Å². The molecule has 0 bridgehead atoms. The van der Waals surface area contributed by atoms with Gasteiger partial charge in [0, 0.05) is 17.3 Å². The van der Waals surface area contributed by atoms with Gasteiger partial charge < -0.3 is 14.8 Å². The Balaban J connectivity index is 1.39. The minimum atomic E-state index is -0.276. The molecule has 166 valence electrons. The van der Waals surface area contributed by atoms with Gasteiger partial charge >= 0.3 is 5.97 Å². The topological polar surface area (TPSA) is 77.5 Å². The normalized spacial score (nSPS) is 10.6. The highest BCUT2D eigenvalue weighted by Crippen LogP contribution is 2.27. The number of hydrogen-bond donors (Lipinski definition) is 1. The highest BCUT2D eigenvalue weighted by atomic mass is 16.5. The number of fused-ring (bicyclic) bond motifs is 1. The van der Waals surface area contributed by atoms with Gasteiger partial charge in [0.2, 0.25) is 0 Å². The molecular weight excluding hydrogens is 416 g/mol. The monoisotopic (exact) mass is 440 g/mol. The molecule has 33 heavy (non-hydrogen) atoms. The van der Waals surface area contributed by atoms with E-state index in [0.717, 1.165) is 21.9 Å². The first-order valence-electron chi connectivity index (χ1n) is 10.7. The van der Waals surface area contributed by atoms with Crippen LogP contribution in [0.3, 0.4) is 0 Å². The van der Waals surface area contributed by atoms with Gasteiger partial charge in [-0.05, 0) is 66.8 Å². The zero-order valence-corrected chi connectivity index (χ0v) is 18.5. The Morgan fingerprint density at radius 2 is 1.70 bits per heavy atom. The zero-order valence-electron chi connectivity index (χ0n) is 18.5. The molecule has 1 heterocycles. The summed E-state index contributed by atoms with van der Waals surface area (Å²) in [5.41, 5.74) is 2.78. The third kappa shape index (κ3) is 5.54. The predicted octanol–water partition coefficient (Wildman–Crippen LogP) is 5.69. The van der Waals surface area contributed by atoms with E-state index in [1.807, 2.05) is 49.4 Å². The summed E-state index contributed by atoms with van der Waals surface area (Å²) in [5.74, 6) is 0.808. The molecule has 1 amide bonds. The molecular formula is C27H24N2O4. The Labute approximate surface area is 192 Å². The Morgan fingerprint density at radius 1 is 0.939 bits per heavy atom. The van der Waals surface area contributed by atoms with Gasteiger partial charge in [0.1, 0.15) is 17.2 Å². The maximum Gasteiger partial charge on any atom is 0.310 e. The molecule has 0 saturated carbocycles. The lowest BCUT2D eigenvalue weighted by atomic mass is 10.1. The van der Waals surface area contributed by atoms with Crippen LogP contribution in [0.2, 0.25) is 0 Å². The number of ether oxygens (including phenoxy) is 2. The van der Waals surface area contributed by atoms with Crippen LogP contribution in [-0.2, 0) is 16.0 Å². The zero-order chi connectivity index (χ0) is 23.2. The summed E-state index contributed by atoms with van der Waals surface area (Å²) in [6.07, 6.45) is 1.93. The number of esters is 1. The van der Waals surface area contributed by atoms with Crippen molar-refractivity contribution in [2.75, 3.05) is 11.9 Å². The van der Waals surface area contributed by atoms with Crippen LogP contribution in [0.1, 0.15) is 28.5 Å². The standard InChI is InChI=1S/C27H24N2O4/c1-3-32-26(30)15-19-8-13-25(18(2)14-19)33-23-11-9-22(10-12-23)29-27(31)24-16-20-6-4-5-7-21(20)17-28-24/h4-14,16-17H,3,15H2,1-2H3,(H,29,31). The Hall–Kier alpha value is -4.19. The third-order valence-electron chi connectivity index (χ3n) is 5.10. The maximum atomic E-state index is 12.6. The van der Waals surface area contributed by atoms with Crippen molar-refractivity contribution in [2.24, 2.45) is 0 Å². The van der Waals surface area contributed by atoms with Crippen LogP contribution in [0.15, 0.2) is 79.0 Å². The van der Waals surface area contributed by atoms with E-state index in [-0.39, 0.29) is 18.3 Å². The highest BCUT2D eigenvalue weighted by molar-refractivity contribution is 6.04. The average molecular weight is 440 g/mol. The van der Waals surface area contributed by atoms with E-state index in [4.69, 9.17) is 9.47 Å². The maximum absolute atomic E-state index is 12.6. The summed E-state index contributed by atoms with van der Waals surface area (Å²) in [7, 11) is 0. The van der Waals surface area contributed by atoms with Crippen LogP contribution < -0.4 is 10.1 Å². The average Bonchev–Trinajstić information content (AvgIpc) is 2.82. The van der Waals surface area contributed by atoms with Crippen LogP contribution in [0.4, 0.5) is 5.69 Å². The van der Waals surface area contributed by atoms with Crippen LogP contribution in [0, 0.1) is 6.92 Å². The van der Waals surface area contributed by atoms with Crippen molar-refractivity contribution >= 4 is 28.3 Å². The molecule has 0 spiro atoms. The van der Waals surface area contributed by atoms with Crippen LogP contribution >= 0.6 is 0 Å². The molecule has 0 unspecified atom stereocenters. The molecule has 0 atom stereocenters. The Bertz CT molecular complexity index is 1300. The lowest BCUT2D eigenvalue weighted by molar-refractivity contribution is -0.142. The third-order valence-corrected chi connectivity index (χ3v) is 5.10. The van der Waals surface area contributed by atoms with Gasteiger partial charge in [-0.15, -0.1) is 0 Å². The minimum Gasteiger partial charge on any atom is -0.466 e. The van der Waals surface area contributed by atoms with Crippen molar-refractivity contribution in [1.82, 2.24) is 4.98 Å². The second-order valence-corrected chi connectivity index (χ2v) is 7.58. The Morgan fingerprint density at radius 3 is 2.42 bits per heavy atom. The number of nitrogens with zero attached hydrogens (tertiary/aromatic N) is 1. The number of nitrogens with one attached hydrogen (secondary N) is 1. The van der Waals surface area contributed by atoms with E-state index in [1.165, 1.54) is 0 Å². The largest absolute Gasteiger partial charge is 0.466 e. The molecule has 0 aliphatic heterocycles. The molecule has 1 N–H and O–H groups in total.